The molecule has 0 aliphatic rings. The normalized spacial score (nSPS) is 11.4. The quantitative estimate of drug-likeness (QED) is 0.453. The molecule has 0 fully saturated rings. The van der Waals surface area contributed by atoms with Crippen molar-refractivity contribution in [2.45, 2.75) is 26.4 Å². The van der Waals surface area contributed by atoms with Gasteiger partial charge in [0, 0.05) is 18.1 Å². The van der Waals surface area contributed by atoms with Crippen molar-refractivity contribution < 1.29 is 0 Å². The Kier molecular flexibility index (Phi) is 7.44. The van der Waals surface area contributed by atoms with Crippen LogP contribution in [0.5, 0.6) is 0 Å². The molecule has 0 aliphatic heterocycles. The first-order chi connectivity index (χ1) is 13.7. The second-order valence-electron chi connectivity index (χ2n) is 6.41. The second kappa shape index (κ2) is 10.5. The summed E-state index contributed by atoms with van der Waals surface area (Å²) in [5.41, 5.74) is 3.54. The van der Waals surface area contributed by atoms with Crippen LogP contribution in [0.2, 0.25) is 5.02 Å². The monoisotopic (exact) mass is 396 g/mol. The predicted molar refractivity (Wildman–Crippen MR) is 114 cm³/mol. The van der Waals surface area contributed by atoms with Crippen molar-refractivity contribution in [1.29, 1.82) is 0 Å². The van der Waals surface area contributed by atoms with Gasteiger partial charge >= 0.3 is 0 Å². The summed E-state index contributed by atoms with van der Waals surface area (Å²) in [5.74, 6) is 0.811. The van der Waals surface area contributed by atoms with Gasteiger partial charge in [-0.15, -0.1) is 0 Å². The first-order valence-corrected chi connectivity index (χ1v) is 9.77. The van der Waals surface area contributed by atoms with Crippen molar-refractivity contribution in [2.24, 2.45) is 4.99 Å². The van der Waals surface area contributed by atoms with Gasteiger partial charge in [-0.05, 0) is 42.2 Å². The van der Waals surface area contributed by atoms with Crippen molar-refractivity contribution in [1.82, 2.24) is 25.4 Å². The summed E-state index contributed by atoms with van der Waals surface area (Å²) in [6.45, 7) is 4.98. The maximum Gasteiger partial charge on any atom is 0.191 e. The lowest BCUT2D eigenvalue weighted by Crippen LogP contribution is -2.38. The molecule has 3 aromatic rings. The summed E-state index contributed by atoms with van der Waals surface area (Å²) in [4.78, 5) is 8.69. The van der Waals surface area contributed by atoms with Crippen LogP contribution in [-0.2, 0) is 19.5 Å². The van der Waals surface area contributed by atoms with E-state index in [0.717, 1.165) is 36.1 Å². The Balaban J connectivity index is 1.56. The van der Waals surface area contributed by atoms with E-state index in [9.17, 15) is 0 Å². The van der Waals surface area contributed by atoms with Crippen LogP contribution in [0, 0.1) is 0 Å². The lowest BCUT2D eigenvalue weighted by Gasteiger charge is -2.12. The van der Waals surface area contributed by atoms with Crippen LogP contribution in [0.3, 0.4) is 0 Å². The Hall–Kier alpha value is -2.86. The maximum absolute atomic E-state index is 6.05. The molecule has 1 aromatic heterocycles. The van der Waals surface area contributed by atoms with Crippen LogP contribution in [0.4, 0.5) is 0 Å². The average molecular weight is 397 g/mol. The van der Waals surface area contributed by atoms with E-state index in [0.29, 0.717) is 13.1 Å². The summed E-state index contributed by atoms with van der Waals surface area (Å²) < 4.78 is 1.81. The summed E-state index contributed by atoms with van der Waals surface area (Å²) in [6.07, 6.45) is 4.15. The zero-order valence-electron chi connectivity index (χ0n) is 16.0. The molecule has 0 unspecified atom stereocenters. The van der Waals surface area contributed by atoms with E-state index in [-0.39, 0.29) is 0 Å². The van der Waals surface area contributed by atoms with Crippen molar-refractivity contribution in [3.63, 3.8) is 0 Å². The van der Waals surface area contributed by atoms with Gasteiger partial charge in [-0.2, -0.15) is 5.10 Å². The van der Waals surface area contributed by atoms with E-state index in [2.05, 4.69) is 58.0 Å². The molecule has 6 nitrogen and oxygen atoms in total. The van der Waals surface area contributed by atoms with Crippen LogP contribution in [0.25, 0.3) is 0 Å². The third-order valence-electron chi connectivity index (χ3n) is 4.16. The Morgan fingerprint density at radius 3 is 2.68 bits per heavy atom. The van der Waals surface area contributed by atoms with E-state index in [4.69, 9.17) is 16.6 Å². The molecule has 0 atom stereocenters. The molecule has 146 valence electrons. The largest absolute Gasteiger partial charge is 0.357 e. The standard InChI is InChI=1S/C21H25ClN6/c1-2-24-21(25-10-9-17-5-4-8-20(22)12-17)26-13-18-6-3-7-19(11-18)14-28-16-23-15-27-28/h3-8,11-12,15-16H,2,9-10,13-14H2,1H3,(H2,24,25,26). The number of aromatic nitrogens is 3. The fraction of sp³-hybridized carbons (Fsp3) is 0.286. The van der Waals surface area contributed by atoms with Crippen LogP contribution in [-0.4, -0.2) is 33.8 Å². The minimum Gasteiger partial charge on any atom is -0.357 e. The highest BCUT2D eigenvalue weighted by molar-refractivity contribution is 6.30. The lowest BCUT2D eigenvalue weighted by atomic mass is 10.1. The van der Waals surface area contributed by atoms with E-state index in [1.165, 1.54) is 11.1 Å². The summed E-state index contributed by atoms with van der Waals surface area (Å²) >= 11 is 6.05. The molecule has 0 bridgehead atoms. The summed E-state index contributed by atoms with van der Waals surface area (Å²) in [6, 6.07) is 16.3. The molecule has 0 amide bonds. The van der Waals surface area contributed by atoms with E-state index in [1.807, 2.05) is 22.9 Å². The molecule has 7 heteroatoms. The summed E-state index contributed by atoms with van der Waals surface area (Å²) in [5, 5.41) is 11.6. The van der Waals surface area contributed by atoms with Crippen molar-refractivity contribution in [3.05, 3.63) is 82.9 Å². The molecule has 0 spiro atoms. The zero-order valence-corrected chi connectivity index (χ0v) is 16.7. The molecule has 3 rings (SSSR count). The number of nitrogens with zero attached hydrogens (tertiary/aromatic N) is 4. The molecular formula is C21H25ClN6. The van der Waals surface area contributed by atoms with E-state index < -0.39 is 0 Å². The summed E-state index contributed by atoms with van der Waals surface area (Å²) in [7, 11) is 0. The van der Waals surface area contributed by atoms with Gasteiger partial charge in [-0.25, -0.2) is 14.7 Å². The molecule has 0 radical (unpaired) electrons. The third kappa shape index (κ3) is 6.39. The Morgan fingerprint density at radius 2 is 1.89 bits per heavy atom. The Morgan fingerprint density at radius 1 is 1.07 bits per heavy atom. The highest BCUT2D eigenvalue weighted by Gasteiger charge is 2.01. The first-order valence-electron chi connectivity index (χ1n) is 9.40. The van der Waals surface area contributed by atoms with Gasteiger partial charge in [-0.3, -0.25) is 0 Å². The fourth-order valence-corrected chi connectivity index (χ4v) is 3.07. The topological polar surface area (TPSA) is 67.1 Å². The minimum atomic E-state index is 0.609. The number of rotatable bonds is 8. The van der Waals surface area contributed by atoms with Crippen LogP contribution in [0.1, 0.15) is 23.6 Å². The second-order valence-corrected chi connectivity index (χ2v) is 6.85. The molecule has 2 N–H and O–H groups in total. The molecule has 28 heavy (non-hydrogen) atoms. The van der Waals surface area contributed by atoms with Gasteiger partial charge in [0.2, 0.25) is 0 Å². The molecule has 0 aliphatic carbocycles. The van der Waals surface area contributed by atoms with Gasteiger partial charge in [-0.1, -0.05) is 48.0 Å². The molecule has 2 aromatic carbocycles. The number of halogens is 1. The number of aliphatic imine (C=N–C) groups is 1. The van der Waals surface area contributed by atoms with Crippen LogP contribution >= 0.6 is 11.6 Å². The smallest absolute Gasteiger partial charge is 0.191 e. The van der Waals surface area contributed by atoms with Gasteiger partial charge in [0.25, 0.3) is 0 Å². The minimum absolute atomic E-state index is 0.609. The van der Waals surface area contributed by atoms with E-state index in [1.54, 1.807) is 12.7 Å². The van der Waals surface area contributed by atoms with Crippen molar-refractivity contribution in [2.75, 3.05) is 13.1 Å². The highest BCUT2D eigenvalue weighted by atomic mass is 35.5. The maximum atomic E-state index is 6.05. The molecular weight excluding hydrogens is 372 g/mol. The fourth-order valence-electron chi connectivity index (χ4n) is 2.86. The van der Waals surface area contributed by atoms with Crippen molar-refractivity contribution >= 4 is 17.6 Å². The number of hydrogen-bond donors (Lipinski definition) is 2. The number of guanidine groups is 1. The van der Waals surface area contributed by atoms with Gasteiger partial charge in [0.1, 0.15) is 12.7 Å². The SMILES string of the molecule is CCNC(=NCc1cccc(Cn2cncn2)c1)NCCc1cccc(Cl)c1. The third-order valence-corrected chi connectivity index (χ3v) is 4.40. The Labute approximate surface area is 170 Å². The lowest BCUT2D eigenvalue weighted by molar-refractivity contribution is 0.684. The van der Waals surface area contributed by atoms with Crippen LogP contribution < -0.4 is 10.6 Å². The predicted octanol–water partition coefficient (Wildman–Crippen LogP) is 3.28. The Bertz CT molecular complexity index is 891. The number of benzene rings is 2. The highest BCUT2D eigenvalue weighted by Crippen LogP contribution is 2.11. The molecule has 0 saturated carbocycles. The first kappa shape index (κ1) is 19.9. The van der Waals surface area contributed by atoms with Gasteiger partial charge in [0.05, 0.1) is 13.1 Å². The van der Waals surface area contributed by atoms with Crippen LogP contribution in [0.15, 0.2) is 66.2 Å². The zero-order chi connectivity index (χ0) is 19.6. The van der Waals surface area contributed by atoms with Gasteiger partial charge in [0.15, 0.2) is 5.96 Å². The average Bonchev–Trinajstić information content (AvgIpc) is 3.19. The van der Waals surface area contributed by atoms with E-state index >= 15 is 0 Å². The number of nitrogens with one attached hydrogen (secondary N) is 2. The molecule has 0 saturated heterocycles. The molecule has 1 heterocycles. The van der Waals surface area contributed by atoms with Gasteiger partial charge < -0.3 is 10.6 Å². The van der Waals surface area contributed by atoms with Crippen molar-refractivity contribution in [3.8, 4) is 0 Å². The number of hydrogen-bond acceptors (Lipinski definition) is 3.